The molecule has 1 heterocycles. The Balaban J connectivity index is 2.03. The van der Waals surface area contributed by atoms with Gasteiger partial charge in [-0.05, 0) is 36.6 Å². The van der Waals surface area contributed by atoms with Crippen molar-refractivity contribution in [3.05, 3.63) is 76.9 Å². The van der Waals surface area contributed by atoms with Crippen LogP contribution in [0.5, 0.6) is 0 Å². The third-order valence-corrected chi connectivity index (χ3v) is 4.70. The van der Waals surface area contributed by atoms with Crippen molar-refractivity contribution in [2.45, 2.75) is 19.3 Å². The molecule has 3 heteroatoms. The van der Waals surface area contributed by atoms with Crippen LogP contribution in [0.2, 0.25) is 5.02 Å². The number of halogens is 1. The molecule has 1 aliphatic rings. The van der Waals surface area contributed by atoms with Gasteiger partial charge in [-0.25, -0.2) is 0 Å². The number of ketones is 1. The van der Waals surface area contributed by atoms with Gasteiger partial charge in [0.05, 0.1) is 16.4 Å². The van der Waals surface area contributed by atoms with Crippen LogP contribution in [-0.2, 0) is 6.42 Å². The fraction of sp³-hybridized carbons (Fsp3) is 0.150. The summed E-state index contributed by atoms with van der Waals surface area (Å²) in [6, 6.07) is 20.0. The summed E-state index contributed by atoms with van der Waals surface area (Å²) in [5.41, 5.74) is 4.97. The summed E-state index contributed by atoms with van der Waals surface area (Å²) in [4.78, 5) is 12.4. The molecule has 4 rings (SSSR count). The van der Waals surface area contributed by atoms with Gasteiger partial charge in [0, 0.05) is 17.7 Å². The SMILES string of the molecule is O=C1CCCc2c1cc(-c1ccccc1)n2-c1ccccc1Cl. The molecule has 0 aliphatic heterocycles. The lowest BCUT2D eigenvalue weighted by Gasteiger charge is -2.18. The zero-order valence-corrected chi connectivity index (χ0v) is 13.4. The van der Waals surface area contributed by atoms with Crippen LogP contribution < -0.4 is 0 Å². The molecule has 0 saturated heterocycles. The molecule has 0 radical (unpaired) electrons. The zero-order valence-electron chi connectivity index (χ0n) is 12.6. The van der Waals surface area contributed by atoms with E-state index in [4.69, 9.17) is 11.6 Å². The van der Waals surface area contributed by atoms with Crippen LogP contribution in [0, 0.1) is 0 Å². The number of carbonyl (C=O) groups excluding carboxylic acids is 1. The van der Waals surface area contributed by atoms with Gasteiger partial charge in [0.1, 0.15) is 0 Å². The molecule has 2 nitrogen and oxygen atoms in total. The van der Waals surface area contributed by atoms with Gasteiger partial charge < -0.3 is 4.57 Å². The topological polar surface area (TPSA) is 22.0 Å². The van der Waals surface area contributed by atoms with Crippen LogP contribution >= 0.6 is 11.6 Å². The second kappa shape index (κ2) is 5.71. The van der Waals surface area contributed by atoms with E-state index in [0.717, 1.165) is 41.0 Å². The number of aromatic nitrogens is 1. The van der Waals surface area contributed by atoms with Crippen LogP contribution in [-0.4, -0.2) is 10.4 Å². The largest absolute Gasteiger partial charge is 0.311 e. The fourth-order valence-corrected chi connectivity index (χ4v) is 3.54. The summed E-state index contributed by atoms with van der Waals surface area (Å²) in [6.45, 7) is 0. The predicted octanol–water partition coefficient (Wildman–Crippen LogP) is 5.32. The fourth-order valence-electron chi connectivity index (χ4n) is 3.32. The molecular weight excluding hydrogens is 306 g/mol. The monoisotopic (exact) mass is 321 g/mol. The van der Waals surface area contributed by atoms with E-state index in [1.807, 2.05) is 48.5 Å². The van der Waals surface area contributed by atoms with Crippen molar-refractivity contribution < 1.29 is 4.79 Å². The van der Waals surface area contributed by atoms with E-state index in [1.54, 1.807) is 0 Å². The maximum Gasteiger partial charge on any atom is 0.164 e. The van der Waals surface area contributed by atoms with Crippen molar-refractivity contribution in [1.82, 2.24) is 4.57 Å². The average molecular weight is 322 g/mol. The minimum Gasteiger partial charge on any atom is -0.311 e. The van der Waals surface area contributed by atoms with E-state index in [-0.39, 0.29) is 5.78 Å². The Morgan fingerprint density at radius 3 is 2.43 bits per heavy atom. The van der Waals surface area contributed by atoms with Gasteiger partial charge in [0.25, 0.3) is 0 Å². The summed E-state index contributed by atoms with van der Waals surface area (Å²) in [5.74, 6) is 0.231. The first-order chi connectivity index (χ1) is 11.3. The number of rotatable bonds is 2. The maximum atomic E-state index is 12.4. The quantitative estimate of drug-likeness (QED) is 0.626. The Morgan fingerprint density at radius 2 is 1.65 bits per heavy atom. The third kappa shape index (κ3) is 2.40. The molecule has 0 atom stereocenters. The number of hydrogen-bond acceptors (Lipinski definition) is 1. The molecule has 0 saturated carbocycles. The van der Waals surface area contributed by atoms with Crippen LogP contribution in [0.3, 0.4) is 0 Å². The second-order valence-corrected chi connectivity index (χ2v) is 6.23. The molecule has 0 spiro atoms. The standard InChI is InChI=1S/C20H16ClNO/c21-16-9-4-5-10-18(16)22-17-11-6-12-20(23)15(17)13-19(22)14-7-2-1-3-8-14/h1-5,7-10,13H,6,11-12H2. The highest BCUT2D eigenvalue weighted by molar-refractivity contribution is 6.32. The van der Waals surface area contributed by atoms with Crippen molar-refractivity contribution in [3.8, 4) is 16.9 Å². The summed E-state index contributed by atoms with van der Waals surface area (Å²) in [6.07, 6.45) is 2.43. The van der Waals surface area contributed by atoms with Crippen LogP contribution in [0.4, 0.5) is 0 Å². The minimum atomic E-state index is 0.231. The molecule has 0 bridgehead atoms. The Kier molecular flexibility index (Phi) is 3.55. The number of para-hydroxylation sites is 1. The molecule has 3 aromatic rings. The second-order valence-electron chi connectivity index (χ2n) is 5.82. The average Bonchev–Trinajstić information content (AvgIpc) is 2.97. The van der Waals surface area contributed by atoms with Gasteiger partial charge in [-0.3, -0.25) is 4.79 Å². The molecule has 2 aromatic carbocycles. The van der Waals surface area contributed by atoms with Gasteiger partial charge in [0.2, 0.25) is 0 Å². The summed E-state index contributed by atoms with van der Waals surface area (Å²) >= 11 is 6.45. The number of carbonyl (C=O) groups is 1. The Morgan fingerprint density at radius 1 is 0.913 bits per heavy atom. The minimum absolute atomic E-state index is 0.231. The first-order valence-electron chi connectivity index (χ1n) is 7.84. The summed E-state index contributed by atoms with van der Waals surface area (Å²) in [5, 5.41) is 0.695. The molecular formula is C20H16ClNO. The number of fused-ring (bicyclic) bond motifs is 1. The normalized spacial score (nSPS) is 13.9. The molecule has 0 N–H and O–H groups in total. The van der Waals surface area contributed by atoms with E-state index in [1.165, 1.54) is 0 Å². The molecule has 0 fully saturated rings. The molecule has 1 aliphatic carbocycles. The van der Waals surface area contributed by atoms with Crippen molar-refractivity contribution >= 4 is 17.4 Å². The molecule has 114 valence electrons. The lowest BCUT2D eigenvalue weighted by molar-refractivity contribution is 0.0972. The van der Waals surface area contributed by atoms with Gasteiger partial charge in [0.15, 0.2) is 5.78 Å². The zero-order chi connectivity index (χ0) is 15.8. The number of hydrogen-bond donors (Lipinski definition) is 0. The number of Topliss-reactive ketones (excluding diaryl/α,β-unsaturated/α-hetero) is 1. The summed E-state index contributed by atoms with van der Waals surface area (Å²) < 4.78 is 2.16. The van der Waals surface area contributed by atoms with Crippen molar-refractivity contribution in [2.24, 2.45) is 0 Å². The van der Waals surface area contributed by atoms with E-state index in [0.29, 0.717) is 11.4 Å². The highest BCUT2D eigenvalue weighted by atomic mass is 35.5. The molecule has 23 heavy (non-hydrogen) atoms. The maximum absolute atomic E-state index is 12.4. The Labute approximate surface area is 140 Å². The summed E-state index contributed by atoms with van der Waals surface area (Å²) in [7, 11) is 0. The number of benzene rings is 2. The highest BCUT2D eigenvalue weighted by Crippen LogP contribution is 2.35. The Bertz CT molecular complexity index is 880. The van der Waals surface area contributed by atoms with E-state index in [2.05, 4.69) is 16.7 Å². The van der Waals surface area contributed by atoms with Crippen LogP contribution in [0.15, 0.2) is 60.7 Å². The number of nitrogens with zero attached hydrogens (tertiary/aromatic N) is 1. The first kappa shape index (κ1) is 14.3. The molecule has 1 aromatic heterocycles. The predicted molar refractivity (Wildman–Crippen MR) is 93.5 cm³/mol. The smallest absolute Gasteiger partial charge is 0.164 e. The van der Waals surface area contributed by atoms with Gasteiger partial charge in [-0.2, -0.15) is 0 Å². The van der Waals surface area contributed by atoms with E-state index < -0.39 is 0 Å². The van der Waals surface area contributed by atoms with Gasteiger partial charge in [-0.15, -0.1) is 0 Å². The third-order valence-electron chi connectivity index (χ3n) is 4.38. The van der Waals surface area contributed by atoms with Crippen molar-refractivity contribution in [1.29, 1.82) is 0 Å². The lowest BCUT2D eigenvalue weighted by atomic mass is 9.96. The highest BCUT2D eigenvalue weighted by Gasteiger charge is 2.25. The van der Waals surface area contributed by atoms with Gasteiger partial charge in [-0.1, -0.05) is 54.1 Å². The van der Waals surface area contributed by atoms with Crippen LogP contribution in [0.1, 0.15) is 28.9 Å². The van der Waals surface area contributed by atoms with Gasteiger partial charge >= 0.3 is 0 Å². The molecule has 0 amide bonds. The Hall–Kier alpha value is -2.32. The molecule has 0 unspecified atom stereocenters. The van der Waals surface area contributed by atoms with E-state index in [9.17, 15) is 4.79 Å². The van der Waals surface area contributed by atoms with E-state index >= 15 is 0 Å². The first-order valence-corrected chi connectivity index (χ1v) is 8.21. The van der Waals surface area contributed by atoms with Crippen molar-refractivity contribution in [3.63, 3.8) is 0 Å². The van der Waals surface area contributed by atoms with Crippen LogP contribution in [0.25, 0.3) is 16.9 Å². The lowest BCUT2D eigenvalue weighted by Crippen LogP contribution is -2.12. The van der Waals surface area contributed by atoms with Crippen molar-refractivity contribution in [2.75, 3.05) is 0 Å².